The largest absolute Gasteiger partial charge is 0.389 e. The zero-order valence-corrected chi connectivity index (χ0v) is 10.6. The van der Waals surface area contributed by atoms with E-state index in [2.05, 4.69) is 15.3 Å². The molecule has 17 heavy (non-hydrogen) atoms. The topological polar surface area (TPSA) is 78.4 Å². The van der Waals surface area contributed by atoms with Crippen LogP contribution in [0.3, 0.4) is 0 Å². The Kier molecular flexibility index (Phi) is 4.01. The highest BCUT2D eigenvalue weighted by molar-refractivity contribution is 5.91. The number of hydrogen-bond acceptors (Lipinski definition) is 5. The van der Waals surface area contributed by atoms with E-state index >= 15 is 0 Å². The lowest BCUT2D eigenvalue weighted by molar-refractivity contribution is 0.0364. The number of nitrogens with one attached hydrogen (secondary N) is 1. The Balaban J connectivity index is 2.75. The van der Waals surface area contributed by atoms with Crippen molar-refractivity contribution in [3.63, 3.8) is 0 Å². The average molecular weight is 238 g/mol. The van der Waals surface area contributed by atoms with Gasteiger partial charge >= 0.3 is 0 Å². The number of aliphatic hydroxyl groups is 1. The summed E-state index contributed by atoms with van der Waals surface area (Å²) in [7, 11) is 3.35. The van der Waals surface area contributed by atoms with Crippen LogP contribution in [0.25, 0.3) is 0 Å². The fraction of sp³-hybridized carbons (Fsp3) is 0.545. The second kappa shape index (κ2) is 5.09. The number of nitrogens with zero attached hydrogens (tertiary/aromatic N) is 3. The van der Waals surface area contributed by atoms with Gasteiger partial charge in [-0.25, -0.2) is 9.97 Å². The van der Waals surface area contributed by atoms with E-state index in [-0.39, 0.29) is 18.1 Å². The van der Waals surface area contributed by atoms with Crippen molar-refractivity contribution in [2.75, 3.05) is 26.0 Å². The summed E-state index contributed by atoms with van der Waals surface area (Å²) in [5, 5.41) is 12.4. The predicted octanol–water partition coefficient (Wildman–Crippen LogP) is 0.361. The van der Waals surface area contributed by atoms with E-state index in [1.807, 2.05) is 0 Å². The molecule has 0 aliphatic rings. The highest BCUT2D eigenvalue weighted by atomic mass is 16.3. The van der Waals surface area contributed by atoms with E-state index in [1.165, 1.54) is 17.3 Å². The Morgan fingerprint density at radius 3 is 2.53 bits per heavy atom. The molecule has 94 valence electrons. The second-order valence-electron chi connectivity index (χ2n) is 4.51. The molecule has 1 heterocycles. The molecule has 2 N–H and O–H groups in total. The molecule has 0 aliphatic heterocycles. The fourth-order valence-corrected chi connectivity index (χ4v) is 1.42. The molecule has 1 rings (SSSR count). The first-order valence-corrected chi connectivity index (χ1v) is 5.31. The van der Waals surface area contributed by atoms with E-state index in [1.54, 1.807) is 27.9 Å². The number of hydrogen-bond donors (Lipinski definition) is 2. The third kappa shape index (κ3) is 3.99. The van der Waals surface area contributed by atoms with Gasteiger partial charge in [-0.05, 0) is 13.8 Å². The highest BCUT2D eigenvalue weighted by Gasteiger charge is 2.21. The van der Waals surface area contributed by atoms with Crippen molar-refractivity contribution in [2.45, 2.75) is 19.4 Å². The van der Waals surface area contributed by atoms with Crippen molar-refractivity contribution in [1.29, 1.82) is 0 Å². The number of likely N-dealkylation sites (N-methyl/N-ethyl adjacent to an activating group) is 1. The third-order valence-corrected chi connectivity index (χ3v) is 2.10. The third-order valence-electron chi connectivity index (χ3n) is 2.10. The van der Waals surface area contributed by atoms with Crippen molar-refractivity contribution in [3.8, 4) is 0 Å². The second-order valence-corrected chi connectivity index (χ2v) is 4.51. The number of anilines is 1. The maximum absolute atomic E-state index is 11.9. The molecular weight excluding hydrogens is 220 g/mol. The molecule has 0 aromatic carbocycles. The molecule has 6 heteroatoms. The number of carbonyl (C=O) groups excluding carboxylic acids is 1. The van der Waals surface area contributed by atoms with Crippen LogP contribution in [0.15, 0.2) is 12.4 Å². The first kappa shape index (κ1) is 13.4. The van der Waals surface area contributed by atoms with Gasteiger partial charge in [0, 0.05) is 20.6 Å². The Labute approximate surface area is 101 Å². The van der Waals surface area contributed by atoms with Crippen LogP contribution in [0.5, 0.6) is 0 Å². The van der Waals surface area contributed by atoms with Gasteiger partial charge in [0.2, 0.25) is 0 Å². The Morgan fingerprint density at radius 1 is 1.47 bits per heavy atom. The summed E-state index contributed by atoms with van der Waals surface area (Å²) in [4.78, 5) is 21.3. The molecule has 1 aromatic heterocycles. The molecule has 0 fully saturated rings. The van der Waals surface area contributed by atoms with Crippen LogP contribution in [-0.4, -0.2) is 52.1 Å². The predicted molar refractivity (Wildman–Crippen MR) is 64.8 cm³/mol. The summed E-state index contributed by atoms with van der Waals surface area (Å²) >= 11 is 0. The van der Waals surface area contributed by atoms with Crippen molar-refractivity contribution >= 4 is 11.7 Å². The summed E-state index contributed by atoms with van der Waals surface area (Å²) in [6, 6.07) is 0. The lowest BCUT2D eigenvalue weighted by atomic mass is 10.1. The number of aromatic nitrogens is 2. The molecule has 0 atom stereocenters. The van der Waals surface area contributed by atoms with Crippen LogP contribution in [0.2, 0.25) is 0 Å². The molecule has 0 aliphatic carbocycles. The molecule has 0 saturated heterocycles. The summed E-state index contributed by atoms with van der Waals surface area (Å²) < 4.78 is 0. The first-order valence-electron chi connectivity index (χ1n) is 5.31. The van der Waals surface area contributed by atoms with Gasteiger partial charge in [-0.1, -0.05) is 0 Å². The number of rotatable bonds is 4. The van der Waals surface area contributed by atoms with Crippen molar-refractivity contribution < 1.29 is 9.90 Å². The zero-order valence-electron chi connectivity index (χ0n) is 10.6. The van der Waals surface area contributed by atoms with Crippen LogP contribution >= 0.6 is 0 Å². The van der Waals surface area contributed by atoms with Crippen molar-refractivity contribution in [1.82, 2.24) is 14.9 Å². The van der Waals surface area contributed by atoms with Crippen LogP contribution in [-0.2, 0) is 0 Å². The summed E-state index contributed by atoms with van der Waals surface area (Å²) in [5.41, 5.74) is -0.668. The lowest BCUT2D eigenvalue weighted by Crippen LogP contribution is -2.40. The summed E-state index contributed by atoms with van der Waals surface area (Å²) in [6.45, 7) is 3.53. The molecular formula is C11H18N4O2. The smallest absolute Gasteiger partial charge is 0.273 e. The van der Waals surface area contributed by atoms with E-state index in [0.29, 0.717) is 5.82 Å². The average Bonchev–Trinajstić information content (AvgIpc) is 2.26. The van der Waals surface area contributed by atoms with Crippen molar-refractivity contribution in [3.05, 3.63) is 18.1 Å². The number of amides is 1. The van der Waals surface area contributed by atoms with Crippen LogP contribution < -0.4 is 5.32 Å². The van der Waals surface area contributed by atoms with Gasteiger partial charge in [-0.15, -0.1) is 0 Å². The van der Waals surface area contributed by atoms with Crippen LogP contribution in [0.1, 0.15) is 24.3 Å². The van der Waals surface area contributed by atoms with Gasteiger partial charge in [-0.2, -0.15) is 0 Å². The molecule has 0 spiro atoms. The Hall–Kier alpha value is -1.69. The normalized spacial score (nSPS) is 11.1. The van der Waals surface area contributed by atoms with Gasteiger partial charge < -0.3 is 15.3 Å². The maximum Gasteiger partial charge on any atom is 0.273 e. The highest BCUT2D eigenvalue weighted by Crippen LogP contribution is 2.07. The molecule has 1 aromatic rings. The molecule has 6 nitrogen and oxygen atoms in total. The van der Waals surface area contributed by atoms with Gasteiger partial charge in [0.15, 0.2) is 0 Å². The quantitative estimate of drug-likeness (QED) is 0.792. The molecule has 0 radical (unpaired) electrons. The summed E-state index contributed by atoms with van der Waals surface area (Å²) in [6.07, 6.45) is 2.90. The van der Waals surface area contributed by atoms with Gasteiger partial charge in [-0.3, -0.25) is 4.79 Å². The van der Waals surface area contributed by atoms with E-state index < -0.39 is 5.60 Å². The molecule has 1 amide bonds. The molecule has 0 unspecified atom stereocenters. The Morgan fingerprint density at radius 2 is 2.12 bits per heavy atom. The standard InChI is InChI=1S/C11H18N4O2/c1-11(2,17)7-15(4)10(16)8-5-14-9(12-3)6-13-8/h5-6,17H,7H2,1-4H3,(H,12,14). The maximum atomic E-state index is 11.9. The fourth-order valence-electron chi connectivity index (χ4n) is 1.42. The monoisotopic (exact) mass is 238 g/mol. The first-order chi connectivity index (χ1) is 7.83. The van der Waals surface area contributed by atoms with E-state index in [9.17, 15) is 9.90 Å². The van der Waals surface area contributed by atoms with Crippen molar-refractivity contribution in [2.24, 2.45) is 0 Å². The molecule has 0 bridgehead atoms. The minimum atomic E-state index is -0.928. The van der Waals surface area contributed by atoms with Gasteiger partial charge in [0.25, 0.3) is 5.91 Å². The summed E-state index contributed by atoms with van der Waals surface area (Å²) in [5.74, 6) is 0.342. The minimum absolute atomic E-state index is 0.237. The van der Waals surface area contributed by atoms with Gasteiger partial charge in [0.1, 0.15) is 11.5 Å². The Bertz CT molecular complexity index is 383. The van der Waals surface area contributed by atoms with Crippen LogP contribution in [0, 0.1) is 0 Å². The SMILES string of the molecule is CNc1cnc(C(=O)N(C)CC(C)(C)O)cn1. The molecule has 0 saturated carbocycles. The van der Waals surface area contributed by atoms with Gasteiger partial charge in [0.05, 0.1) is 18.0 Å². The van der Waals surface area contributed by atoms with E-state index in [0.717, 1.165) is 0 Å². The number of carbonyl (C=O) groups is 1. The van der Waals surface area contributed by atoms with Crippen LogP contribution in [0.4, 0.5) is 5.82 Å². The zero-order chi connectivity index (χ0) is 13.1. The van der Waals surface area contributed by atoms with E-state index in [4.69, 9.17) is 0 Å². The minimum Gasteiger partial charge on any atom is -0.389 e. The lowest BCUT2D eigenvalue weighted by Gasteiger charge is -2.25.